The summed E-state index contributed by atoms with van der Waals surface area (Å²) >= 11 is 0. The number of carbonyl (C=O) groups excluding carboxylic acids is 2. The molecule has 0 atom stereocenters. The number of hydrogen-bond donors (Lipinski definition) is 1. The average Bonchev–Trinajstić information content (AvgIpc) is 2.97. The van der Waals surface area contributed by atoms with Crippen molar-refractivity contribution in [3.63, 3.8) is 0 Å². The molecular formula is C19H24N2O5S. The number of nitrogens with zero attached hydrogens (tertiary/aromatic N) is 1. The van der Waals surface area contributed by atoms with Gasteiger partial charge < -0.3 is 9.84 Å². The first-order valence-electron chi connectivity index (χ1n) is 8.74. The fourth-order valence-corrected chi connectivity index (χ4v) is 3.17. The van der Waals surface area contributed by atoms with E-state index in [1.54, 1.807) is 24.3 Å². The van der Waals surface area contributed by atoms with E-state index in [-0.39, 0.29) is 24.0 Å². The van der Waals surface area contributed by atoms with Crippen LogP contribution in [0.15, 0.2) is 28.8 Å². The summed E-state index contributed by atoms with van der Waals surface area (Å²) in [6.07, 6.45) is 3.08. The SMILES string of the molecule is CCCc1noc(Cc2ccc(C(=O)NCCS(C)(=O)=O)cc2)c1C(C)=O. The van der Waals surface area contributed by atoms with E-state index in [0.29, 0.717) is 35.4 Å². The van der Waals surface area contributed by atoms with Crippen molar-refractivity contribution in [1.82, 2.24) is 10.5 Å². The third-order valence-corrected chi connectivity index (χ3v) is 4.96. The highest BCUT2D eigenvalue weighted by Crippen LogP contribution is 2.20. The maximum atomic E-state index is 12.0. The number of amides is 1. The number of rotatable bonds is 9. The van der Waals surface area contributed by atoms with E-state index in [9.17, 15) is 18.0 Å². The van der Waals surface area contributed by atoms with Crippen LogP contribution in [-0.4, -0.2) is 43.8 Å². The van der Waals surface area contributed by atoms with Gasteiger partial charge in [0, 0.05) is 24.8 Å². The van der Waals surface area contributed by atoms with Crippen LogP contribution < -0.4 is 5.32 Å². The number of ketones is 1. The zero-order valence-electron chi connectivity index (χ0n) is 15.7. The van der Waals surface area contributed by atoms with Crippen LogP contribution in [0.5, 0.6) is 0 Å². The van der Waals surface area contributed by atoms with Gasteiger partial charge in [-0.25, -0.2) is 8.42 Å². The van der Waals surface area contributed by atoms with Crippen LogP contribution in [0.3, 0.4) is 0 Å². The quantitative estimate of drug-likeness (QED) is 0.656. The summed E-state index contributed by atoms with van der Waals surface area (Å²) in [6, 6.07) is 6.86. The number of carbonyl (C=O) groups is 2. The van der Waals surface area contributed by atoms with Crippen molar-refractivity contribution >= 4 is 21.5 Å². The Kier molecular flexibility index (Phi) is 6.90. The van der Waals surface area contributed by atoms with E-state index in [2.05, 4.69) is 10.5 Å². The first-order chi connectivity index (χ1) is 12.7. The van der Waals surface area contributed by atoms with Gasteiger partial charge in [0.25, 0.3) is 5.91 Å². The molecule has 0 radical (unpaired) electrons. The normalized spacial score (nSPS) is 11.4. The van der Waals surface area contributed by atoms with E-state index in [4.69, 9.17) is 4.52 Å². The molecule has 1 heterocycles. The van der Waals surface area contributed by atoms with Crippen molar-refractivity contribution in [2.45, 2.75) is 33.1 Å². The van der Waals surface area contributed by atoms with Crippen LogP contribution in [0.25, 0.3) is 0 Å². The van der Waals surface area contributed by atoms with E-state index in [0.717, 1.165) is 18.2 Å². The van der Waals surface area contributed by atoms with Crippen LogP contribution in [0, 0.1) is 0 Å². The van der Waals surface area contributed by atoms with Gasteiger partial charge in [-0.2, -0.15) is 0 Å². The molecule has 1 amide bonds. The van der Waals surface area contributed by atoms with Crippen molar-refractivity contribution in [2.75, 3.05) is 18.6 Å². The van der Waals surface area contributed by atoms with Gasteiger partial charge in [0.05, 0.1) is 17.0 Å². The Bertz CT molecular complexity index is 914. The molecule has 0 bridgehead atoms. The van der Waals surface area contributed by atoms with E-state index in [1.165, 1.54) is 6.92 Å². The van der Waals surface area contributed by atoms with E-state index < -0.39 is 9.84 Å². The van der Waals surface area contributed by atoms with Gasteiger partial charge in [0.15, 0.2) is 11.5 Å². The number of sulfone groups is 1. The number of aromatic nitrogens is 1. The monoisotopic (exact) mass is 392 g/mol. The third-order valence-electron chi connectivity index (χ3n) is 4.01. The van der Waals surface area contributed by atoms with Gasteiger partial charge in [-0.3, -0.25) is 9.59 Å². The number of nitrogens with one attached hydrogen (secondary N) is 1. The fourth-order valence-electron chi connectivity index (χ4n) is 2.70. The van der Waals surface area contributed by atoms with Gasteiger partial charge in [-0.05, 0) is 31.0 Å². The zero-order chi connectivity index (χ0) is 20.0. The predicted molar refractivity (Wildman–Crippen MR) is 102 cm³/mol. The summed E-state index contributed by atoms with van der Waals surface area (Å²) < 4.78 is 27.6. The minimum absolute atomic E-state index is 0.0691. The Balaban J connectivity index is 2.06. The molecule has 0 saturated heterocycles. The van der Waals surface area contributed by atoms with Crippen LogP contribution >= 0.6 is 0 Å². The lowest BCUT2D eigenvalue weighted by Crippen LogP contribution is -2.28. The molecule has 0 aliphatic rings. The van der Waals surface area contributed by atoms with E-state index in [1.807, 2.05) is 6.92 Å². The molecule has 0 aliphatic heterocycles. The Labute approximate surface area is 159 Å². The molecule has 0 unspecified atom stereocenters. The molecule has 0 fully saturated rings. The Morgan fingerprint density at radius 2 is 1.85 bits per heavy atom. The lowest BCUT2D eigenvalue weighted by Gasteiger charge is -2.06. The molecule has 8 heteroatoms. The van der Waals surface area contributed by atoms with Crippen molar-refractivity contribution in [1.29, 1.82) is 0 Å². The van der Waals surface area contributed by atoms with Gasteiger partial charge in [0.1, 0.15) is 9.84 Å². The summed E-state index contributed by atoms with van der Waals surface area (Å²) in [6.45, 7) is 3.58. The van der Waals surface area contributed by atoms with Crippen LogP contribution in [-0.2, 0) is 22.7 Å². The van der Waals surface area contributed by atoms with Gasteiger partial charge in [-0.1, -0.05) is 30.6 Å². The molecule has 7 nitrogen and oxygen atoms in total. The highest BCUT2D eigenvalue weighted by molar-refractivity contribution is 7.90. The minimum atomic E-state index is -3.12. The van der Waals surface area contributed by atoms with E-state index >= 15 is 0 Å². The number of Topliss-reactive ketones (excluding diaryl/α,β-unsaturated/α-hetero) is 1. The number of benzene rings is 1. The lowest BCUT2D eigenvalue weighted by atomic mass is 10.0. The molecule has 1 N–H and O–H groups in total. The second kappa shape index (κ2) is 8.94. The molecule has 2 rings (SSSR count). The summed E-state index contributed by atoms with van der Waals surface area (Å²) in [7, 11) is -3.12. The highest BCUT2D eigenvalue weighted by Gasteiger charge is 2.19. The average molecular weight is 392 g/mol. The first-order valence-corrected chi connectivity index (χ1v) is 10.8. The standard InChI is InChI=1S/C19H24N2O5S/c1-4-5-16-18(13(2)22)17(26-21-16)12-14-6-8-15(9-7-14)19(23)20-10-11-27(3,24)25/h6-9H,4-5,10-12H2,1-3H3,(H,20,23). The van der Waals surface area contributed by atoms with Crippen LogP contribution in [0.2, 0.25) is 0 Å². The minimum Gasteiger partial charge on any atom is -0.360 e. The number of aryl methyl sites for hydroxylation is 1. The molecule has 0 saturated carbocycles. The topological polar surface area (TPSA) is 106 Å². The fraction of sp³-hybridized carbons (Fsp3) is 0.421. The van der Waals surface area contributed by atoms with Gasteiger partial charge >= 0.3 is 0 Å². The van der Waals surface area contributed by atoms with Crippen molar-refractivity contribution < 1.29 is 22.5 Å². The Morgan fingerprint density at radius 1 is 1.19 bits per heavy atom. The number of hydrogen-bond acceptors (Lipinski definition) is 6. The molecule has 0 aliphatic carbocycles. The highest BCUT2D eigenvalue weighted by atomic mass is 32.2. The molecule has 1 aromatic carbocycles. The van der Waals surface area contributed by atoms with Gasteiger partial charge in [0.2, 0.25) is 0 Å². The maximum Gasteiger partial charge on any atom is 0.251 e. The first kappa shape index (κ1) is 20.8. The van der Waals surface area contributed by atoms with Gasteiger partial charge in [-0.15, -0.1) is 0 Å². The summed E-state index contributed by atoms with van der Waals surface area (Å²) in [4.78, 5) is 24.0. The third kappa shape index (κ3) is 6.02. The molecule has 27 heavy (non-hydrogen) atoms. The molecule has 1 aromatic heterocycles. The van der Waals surface area contributed by atoms with Crippen molar-refractivity contribution in [2.24, 2.45) is 0 Å². The summed E-state index contributed by atoms with van der Waals surface area (Å²) in [5.41, 5.74) is 2.54. The largest absolute Gasteiger partial charge is 0.360 e. The smallest absolute Gasteiger partial charge is 0.251 e. The second-order valence-electron chi connectivity index (χ2n) is 6.49. The molecule has 146 valence electrons. The maximum absolute atomic E-state index is 12.0. The van der Waals surface area contributed by atoms with Crippen LogP contribution in [0.4, 0.5) is 0 Å². The lowest BCUT2D eigenvalue weighted by molar-refractivity contribution is 0.0955. The molecule has 0 spiro atoms. The predicted octanol–water partition coefficient (Wildman–Crippen LogP) is 2.19. The second-order valence-corrected chi connectivity index (χ2v) is 8.75. The van der Waals surface area contributed by atoms with Crippen molar-refractivity contribution in [3.8, 4) is 0 Å². The molecule has 2 aromatic rings. The zero-order valence-corrected chi connectivity index (χ0v) is 16.6. The van der Waals surface area contributed by atoms with Crippen molar-refractivity contribution in [3.05, 3.63) is 52.4 Å². The Morgan fingerprint density at radius 3 is 2.41 bits per heavy atom. The molecular weight excluding hydrogens is 368 g/mol. The summed E-state index contributed by atoms with van der Waals surface area (Å²) in [5, 5.41) is 6.59. The Hall–Kier alpha value is -2.48. The summed E-state index contributed by atoms with van der Waals surface area (Å²) in [5.74, 6) is 0.0170. The van der Waals surface area contributed by atoms with Crippen LogP contribution in [0.1, 0.15) is 58.0 Å².